The Bertz CT molecular complexity index is 3550. The predicted molar refractivity (Wildman–Crippen MR) is 300 cm³/mol. The number of aromatic nitrogens is 2. The molecule has 0 spiro atoms. The maximum absolute atomic E-state index is 6.96. The first-order chi connectivity index (χ1) is 34.6. The Kier molecular flexibility index (Phi) is 13.1. The van der Waals surface area contributed by atoms with Crippen LogP contribution in [-0.4, -0.2) is 9.55 Å². The molecule has 0 N–H and O–H groups in total. The van der Waals surface area contributed by atoms with Crippen LogP contribution in [-0.2, 0) is 37.3 Å². The number of benzene rings is 7. The van der Waals surface area contributed by atoms with Crippen molar-refractivity contribution >= 4 is 39.0 Å². The second-order valence-corrected chi connectivity index (χ2v) is 21.5. The molecule has 2 aliphatic rings. The minimum Gasteiger partial charge on any atom is -0.509 e. The SMILES string of the molecule is Cc1cccc(C)c1-c1cc(Oc2[c-]c(N3[CH-]N(C4=CC(C(C)(C)c5ccccc5)=CC(C(C)(C)c5ccccc5)=CC4)c4ccc(C(C)(C)C)cc43)ccc2)[c-]c(-n2c3ccccc3c3cccnc32)c1.[Pt]. The van der Waals surface area contributed by atoms with Crippen molar-refractivity contribution in [2.45, 2.75) is 85.0 Å². The predicted octanol–water partition coefficient (Wildman–Crippen LogP) is 17.3. The van der Waals surface area contributed by atoms with Crippen LogP contribution in [0.2, 0.25) is 0 Å². The molecule has 1 aliphatic heterocycles. The minimum absolute atomic E-state index is 0. The van der Waals surface area contributed by atoms with Gasteiger partial charge in [-0.05, 0) is 106 Å². The fraction of sp³-hybridized carbons (Fsp3) is 0.194. The number of hydrogen-bond acceptors (Lipinski definition) is 4. The summed E-state index contributed by atoms with van der Waals surface area (Å²) in [7, 11) is 0. The van der Waals surface area contributed by atoms with E-state index in [0.717, 1.165) is 56.7 Å². The number of para-hydroxylation sites is 1. The van der Waals surface area contributed by atoms with Gasteiger partial charge in [0.1, 0.15) is 5.65 Å². The third-order valence-corrected chi connectivity index (χ3v) is 15.0. The van der Waals surface area contributed by atoms with Crippen LogP contribution in [0.25, 0.3) is 38.8 Å². The van der Waals surface area contributed by atoms with Gasteiger partial charge in [0.15, 0.2) is 0 Å². The average Bonchev–Trinajstić information content (AvgIpc) is 3.83. The fourth-order valence-electron chi connectivity index (χ4n) is 10.7. The van der Waals surface area contributed by atoms with Gasteiger partial charge in [0.05, 0.1) is 5.52 Å². The molecule has 0 unspecified atom stereocenters. The average molecular weight is 1130 g/mol. The number of anilines is 3. The Morgan fingerprint density at radius 1 is 0.548 bits per heavy atom. The Morgan fingerprint density at radius 2 is 1.19 bits per heavy atom. The fourth-order valence-corrected chi connectivity index (χ4v) is 10.7. The van der Waals surface area contributed by atoms with E-state index < -0.39 is 0 Å². The summed E-state index contributed by atoms with van der Waals surface area (Å²) in [6, 6.07) is 65.7. The van der Waals surface area contributed by atoms with Gasteiger partial charge in [-0.25, -0.2) is 4.98 Å². The molecule has 0 saturated carbocycles. The molecule has 9 aromatic rings. The van der Waals surface area contributed by atoms with Gasteiger partial charge in [0.2, 0.25) is 0 Å². The van der Waals surface area contributed by atoms with E-state index in [0.29, 0.717) is 11.5 Å². The molecule has 73 heavy (non-hydrogen) atoms. The van der Waals surface area contributed by atoms with Crippen LogP contribution in [0.5, 0.6) is 11.5 Å². The molecule has 0 fully saturated rings. The topological polar surface area (TPSA) is 33.5 Å². The second kappa shape index (κ2) is 19.3. The summed E-state index contributed by atoms with van der Waals surface area (Å²) in [5.41, 5.74) is 17.4. The third kappa shape index (κ3) is 9.18. The zero-order valence-corrected chi connectivity index (χ0v) is 45.5. The van der Waals surface area contributed by atoms with Crippen molar-refractivity contribution in [2.24, 2.45) is 0 Å². The molecule has 6 heteroatoms. The van der Waals surface area contributed by atoms with Crippen LogP contribution >= 0.6 is 0 Å². The Labute approximate surface area is 446 Å². The van der Waals surface area contributed by atoms with Crippen LogP contribution in [0.3, 0.4) is 0 Å². The van der Waals surface area contributed by atoms with E-state index >= 15 is 0 Å². The van der Waals surface area contributed by atoms with Gasteiger partial charge >= 0.3 is 0 Å². The van der Waals surface area contributed by atoms with E-state index in [-0.39, 0.29) is 37.3 Å². The summed E-state index contributed by atoms with van der Waals surface area (Å²) in [5.74, 6) is 1.18. The van der Waals surface area contributed by atoms with Gasteiger partial charge < -0.3 is 19.1 Å². The van der Waals surface area contributed by atoms with E-state index in [1.165, 1.54) is 50.2 Å². The molecule has 11 rings (SSSR count). The molecule has 3 heterocycles. The molecule has 7 aromatic carbocycles. The Hall–Kier alpha value is -7.20. The number of nitrogens with zero attached hydrogens (tertiary/aromatic N) is 4. The van der Waals surface area contributed by atoms with Crippen LogP contribution in [0, 0.1) is 32.6 Å². The smallest absolute Gasteiger partial charge is 0.143 e. The Balaban J connectivity index is 0.00000611. The first-order valence-electron chi connectivity index (χ1n) is 25.2. The van der Waals surface area contributed by atoms with Crippen molar-refractivity contribution in [3.63, 3.8) is 0 Å². The van der Waals surface area contributed by atoms with Crippen molar-refractivity contribution in [1.82, 2.24) is 9.55 Å². The van der Waals surface area contributed by atoms with Crippen molar-refractivity contribution in [1.29, 1.82) is 0 Å². The van der Waals surface area contributed by atoms with Gasteiger partial charge in [-0.2, -0.15) is 6.07 Å². The van der Waals surface area contributed by atoms with Gasteiger partial charge in [0, 0.05) is 78.2 Å². The van der Waals surface area contributed by atoms with E-state index in [4.69, 9.17) is 9.72 Å². The molecule has 5 nitrogen and oxygen atoms in total. The zero-order valence-electron chi connectivity index (χ0n) is 43.2. The normalized spacial score (nSPS) is 14.1. The monoisotopic (exact) mass is 1130 g/mol. The summed E-state index contributed by atoms with van der Waals surface area (Å²) < 4.78 is 9.16. The molecule has 368 valence electrons. The van der Waals surface area contributed by atoms with Crippen molar-refractivity contribution in [3.8, 4) is 28.3 Å². The standard InChI is InChI=1S/C67H61N4O.Pt/c1-45-21-18-22-46(2)63(45)47-37-55(71-60-31-17-16-29-58(60)59-30-20-36-68-64(59)71)43-57(38-47)72-56-28-19-27-53(42-56)70-44-69(61-35-33-50(41-62(61)70)65(3,4)5)54-34-32-51(66(6,7)48-23-12-10-13-24-48)39-52(40-54)67(8,9)49-25-14-11-15-26-49;/h10-33,35-41,44H,34H2,1-9H3;/q-3;. The quantitative estimate of drug-likeness (QED) is 0.128. The van der Waals surface area contributed by atoms with Crippen molar-refractivity contribution in [2.75, 3.05) is 9.80 Å². The first-order valence-corrected chi connectivity index (χ1v) is 25.2. The molecular formula is C67H61N4OPt-3. The van der Waals surface area contributed by atoms with Crippen LogP contribution in [0.1, 0.15) is 82.7 Å². The summed E-state index contributed by atoms with van der Waals surface area (Å²) in [5, 5.41) is 2.23. The second-order valence-electron chi connectivity index (χ2n) is 21.5. The maximum atomic E-state index is 6.96. The number of pyridine rings is 1. The number of hydrogen-bond donors (Lipinski definition) is 0. The number of rotatable bonds is 10. The molecular weight excluding hydrogens is 1070 g/mol. The van der Waals surface area contributed by atoms with Gasteiger partial charge in [0.25, 0.3) is 0 Å². The van der Waals surface area contributed by atoms with Crippen LogP contribution in [0.15, 0.2) is 205 Å². The molecule has 0 saturated heterocycles. The minimum atomic E-state index is -0.287. The zero-order chi connectivity index (χ0) is 49.9. The Morgan fingerprint density at radius 3 is 1.90 bits per heavy atom. The molecule has 0 bridgehead atoms. The molecule has 0 amide bonds. The van der Waals surface area contributed by atoms with E-state index in [9.17, 15) is 0 Å². The number of aryl methyl sites for hydroxylation is 2. The molecule has 2 aromatic heterocycles. The summed E-state index contributed by atoms with van der Waals surface area (Å²) >= 11 is 0. The van der Waals surface area contributed by atoms with Crippen molar-refractivity contribution < 1.29 is 25.8 Å². The maximum Gasteiger partial charge on any atom is 0.143 e. The van der Waals surface area contributed by atoms with Gasteiger partial charge in [-0.15, -0.1) is 54.3 Å². The molecule has 1 aliphatic carbocycles. The largest absolute Gasteiger partial charge is 0.509 e. The molecule has 0 radical (unpaired) electrons. The first kappa shape index (κ1) is 49.4. The summed E-state index contributed by atoms with van der Waals surface area (Å²) in [6.45, 7) is 22.8. The number of allylic oxidation sites excluding steroid dienone is 5. The summed E-state index contributed by atoms with van der Waals surface area (Å²) in [6.07, 6.45) is 9.93. The van der Waals surface area contributed by atoms with Crippen LogP contribution in [0.4, 0.5) is 17.1 Å². The van der Waals surface area contributed by atoms with Gasteiger partial charge in [-0.1, -0.05) is 169 Å². The number of ether oxygens (including phenoxy) is 1. The van der Waals surface area contributed by atoms with E-state index in [1.54, 1.807) is 0 Å². The summed E-state index contributed by atoms with van der Waals surface area (Å²) in [4.78, 5) is 9.58. The van der Waals surface area contributed by atoms with E-state index in [2.05, 4.69) is 265 Å². The van der Waals surface area contributed by atoms with E-state index in [1.807, 2.05) is 18.3 Å². The third-order valence-electron chi connectivity index (χ3n) is 15.0. The molecule has 0 atom stereocenters. The van der Waals surface area contributed by atoms with Crippen molar-refractivity contribution in [3.05, 3.63) is 252 Å². The number of fused-ring (bicyclic) bond motifs is 4. The van der Waals surface area contributed by atoms with Gasteiger partial charge in [-0.3, -0.25) is 0 Å². The van der Waals surface area contributed by atoms with Crippen LogP contribution < -0.4 is 14.5 Å².